The molecular weight excluding hydrogens is 556 g/mol. The molecular formula is C12H22Na4O18S. The van der Waals surface area contributed by atoms with Crippen molar-refractivity contribution in [2.45, 2.75) is 36.9 Å². The van der Waals surface area contributed by atoms with Gasteiger partial charge in [-0.05, 0) is 0 Å². The number of esters is 1. The summed E-state index contributed by atoms with van der Waals surface area (Å²) in [5.74, 6) is -12.4. The second kappa shape index (κ2) is 21.5. The van der Waals surface area contributed by atoms with Crippen LogP contribution >= 0.6 is 0 Å². The van der Waals surface area contributed by atoms with Gasteiger partial charge >= 0.3 is 164 Å². The van der Waals surface area contributed by atoms with Crippen LogP contribution in [0.1, 0.15) is 31.4 Å². The van der Waals surface area contributed by atoms with E-state index in [0.717, 1.165) is 0 Å². The Hall–Kier alpha value is 0.610. The molecule has 2 atom stereocenters. The van der Waals surface area contributed by atoms with Gasteiger partial charge in [0.15, 0.2) is 5.60 Å². The Morgan fingerprint density at radius 2 is 1.09 bits per heavy atom. The maximum atomic E-state index is 11.9. The van der Waals surface area contributed by atoms with E-state index >= 15 is 0 Å². The standard InChI is InChI=1S/C12H14O16S.4Na.2H2O.4H/c13-5(14)1-11(23,9(19)20)3-7(17)27-12(10(21)22,2-6(15)16)4-8(18)28-29(24,25)26;;;;;;;;;;/h23H,1-4H2,(H,13,14)(H,15,16)(H,19,20)(H,21,22)(H,24,25,26);;;;;2*1H2;;;;/q;4*+1;;;4*-1. The Balaban J connectivity index is -0.0000000871. The molecule has 18 nitrogen and oxygen atoms in total. The second-order valence-electron chi connectivity index (χ2n) is 5.49. The zero-order chi connectivity index (χ0) is 23.2. The number of rotatable bonds is 12. The van der Waals surface area contributed by atoms with Crippen LogP contribution in [0.2, 0.25) is 0 Å². The van der Waals surface area contributed by atoms with Crippen LogP contribution in [0.15, 0.2) is 0 Å². The van der Waals surface area contributed by atoms with Crippen LogP contribution in [0, 0.1) is 0 Å². The Labute approximate surface area is 290 Å². The van der Waals surface area contributed by atoms with E-state index in [4.69, 9.17) is 19.9 Å². The SMILES string of the molecule is O.O.O=C(O)CC(O)(CC(=O)OC(CC(=O)O)(CC(=O)OS(=O)(=O)O)C(=O)O)C(=O)O.[H-].[H-].[H-].[H-].[Na+].[Na+].[Na+].[Na+]. The van der Waals surface area contributed by atoms with Gasteiger partial charge in [-0.3, -0.25) is 23.7 Å². The van der Waals surface area contributed by atoms with Crippen molar-refractivity contribution in [3.8, 4) is 0 Å². The number of carbonyl (C=O) groups is 6. The van der Waals surface area contributed by atoms with Gasteiger partial charge in [0.25, 0.3) is 0 Å². The van der Waals surface area contributed by atoms with Crippen molar-refractivity contribution in [2.75, 3.05) is 0 Å². The maximum absolute atomic E-state index is 11.9. The molecule has 0 aliphatic rings. The molecule has 0 spiro atoms. The van der Waals surface area contributed by atoms with Crippen molar-refractivity contribution in [3.63, 3.8) is 0 Å². The summed E-state index contributed by atoms with van der Waals surface area (Å²) in [5, 5.41) is 45.2. The molecule has 0 aliphatic carbocycles. The second-order valence-corrected chi connectivity index (χ2v) is 6.51. The molecule has 0 rings (SSSR count). The molecule has 10 N–H and O–H groups in total. The molecule has 0 radical (unpaired) electrons. The van der Waals surface area contributed by atoms with Gasteiger partial charge in [-0.25, -0.2) is 9.59 Å². The van der Waals surface area contributed by atoms with Gasteiger partial charge in [-0.15, -0.1) is 0 Å². The topological polar surface area (TPSA) is 339 Å². The van der Waals surface area contributed by atoms with Crippen LogP contribution in [0.5, 0.6) is 0 Å². The van der Waals surface area contributed by atoms with E-state index in [1.807, 2.05) is 0 Å². The molecule has 0 fully saturated rings. The van der Waals surface area contributed by atoms with Gasteiger partial charge in [0.2, 0.25) is 5.60 Å². The minimum Gasteiger partial charge on any atom is -1.00 e. The number of carbonyl (C=O) groups excluding carboxylic acids is 2. The average Bonchev–Trinajstić information content (AvgIpc) is 2.41. The summed E-state index contributed by atoms with van der Waals surface area (Å²) in [6.45, 7) is 0. The predicted octanol–water partition coefficient (Wildman–Crippen LogP) is -15.9. The van der Waals surface area contributed by atoms with Gasteiger partial charge in [0.05, 0.1) is 25.7 Å². The van der Waals surface area contributed by atoms with Crippen molar-refractivity contribution >= 4 is 46.2 Å². The number of hydrogen-bond donors (Lipinski definition) is 6. The van der Waals surface area contributed by atoms with Gasteiger partial charge in [-0.1, -0.05) is 0 Å². The normalized spacial score (nSPS) is 12.6. The average molecular weight is 578 g/mol. The van der Waals surface area contributed by atoms with Crippen molar-refractivity contribution in [3.05, 3.63) is 0 Å². The molecule has 2 unspecified atom stereocenters. The monoisotopic (exact) mass is 578 g/mol. The largest absolute Gasteiger partial charge is 1.00 e. The molecule has 0 heterocycles. The Morgan fingerprint density at radius 1 is 0.686 bits per heavy atom. The number of carboxylic acid groups (broad SMARTS) is 4. The van der Waals surface area contributed by atoms with Crippen molar-refractivity contribution < 1.29 is 211 Å². The zero-order valence-corrected chi connectivity index (χ0v) is 27.8. The Bertz CT molecular complexity index is 865. The smallest absolute Gasteiger partial charge is 1.00 e. The predicted molar refractivity (Wildman–Crippen MR) is 92.1 cm³/mol. The Kier molecular flexibility index (Phi) is 32.1. The summed E-state index contributed by atoms with van der Waals surface area (Å²) in [6.07, 6.45) is -6.67. The number of aliphatic hydroxyl groups is 1. The van der Waals surface area contributed by atoms with Crippen LogP contribution in [0.4, 0.5) is 0 Å². The molecule has 0 bridgehead atoms. The van der Waals surface area contributed by atoms with Gasteiger partial charge < -0.3 is 51.1 Å². The third-order valence-electron chi connectivity index (χ3n) is 3.04. The van der Waals surface area contributed by atoms with E-state index in [0.29, 0.717) is 0 Å². The van der Waals surface area contributed by atoms with Crippen molar-refractivity contribution in [1.82, 2.24) is 0 Å². The third kappa shape index (κ3) is 20.3. The molecule has 0 aromatic carbocycles. The van der Waals surface area contributed by atoms with Gasteiger partial charge in [0, 0.05) is 0 Å². The molecule has 0 saturated heterocycles. The van der Waals surface area contributed by atoms with Gasteiger partial charge in [-0.2, -0.15) is 8.42 Å². The minimum absolute atomic E-state index is 0. The van der Waals surface area contributed by atoms with E-state index < -0.39 is 83.1 Å². The first-order valence-electron chi connectivity index (χ1n) is 6.97. The fraction of sp³-hybridized carbons (Fsp3) is 0.500. The van der Waals surface area contributed by atoms with E-state index in [9.17, 15) is 47.4 Å². The van der Waals surface area contributed by atoms with E-state index in [1.54, 1.807) is 0 Å². The van der Waals surface area contributed by atoms with E-state index in [1.165, 1.54) is 0 Å². The summed E-state index contributed by atoms with van der Waals surface area (Å²) in [6, 6.07) is 0. The molecule has 23 heteroatoms. The quantitative estimate of drug-likeness (QED) is 0.0711. The van der Waals surface area contributed by atoms with Crippen LogP contribution in [0.25, 0.3) is 0 Å². The first kappa shape index (κ1) is 52.1. The summed E-state index contributed by atoms with van der Waals surface area (Å²) < 4.78 is 37.1. The van der Waals surface area contributed by atoms with E-state index in [-0.39, 0.29) is 135 Å². The van der Waals surface area contributed by atoms with Crippen molar-refractivity contribution in [1.29, 1.82) is 0 Å². The molecule has 0 aromatic rings. The molecule has 0 aliphatic heterocycles. The molecule has 35 heavy (non-hydrogen) atoms. The summed E-state index contributed by atoms with van der Waals surface area (Å²) >= 11 is 0. The van der Waals surface area contributed by atoms with Crippen molar-refractivity contribution in [2.24, 2.45) is 0 Å². The van der Waals surface area contributed by atoms with Gasteiger partial charge in [0.1, 0.15) is 0 Å². The number of ether oxygens (including phenoxy) is 1. The van der Waals surface area contributed by atoms with Crippen LogP contribution < -0.4 is 118 Å². The summed E-state index contributed by atoms with van der Waals surface area (Å²) in [7, 11) is -5.45. The minimum atomic E-state index is -5.45. The Morgan fingerprint density at radius 3 is 1.37 bits per heavy atom. The first-order valence-corrected chi connectivity index (χ1v) is 8.33. The van der Waals surface area contributed by atoms with Crippen LogP contribution in [0.3, 0.4) is 0 Å². The first-order chi connectivity index (χ1) is 12.9. The van der Waals surface area contributed by atoms with Crippen LogP contribution in [-0.4, -0.2) is 96.5 Å². The van der Waals surface area contributed by atoms with Crippen LogP contribution in [-0.2, 0) is 48.1 Å². The molecule has 188 valence electrons. The number of carboxylic acids is 4. The molecule has 0 amide bonds. The fourth-order valence-corrected chi connectivity index (χ4v) is 2.20. The third-order valence-corrected chi connectivity index (χ3v) is 3.44. The zero-order valence-electron chi connectivity index (χ0n) is 23.0. The van der Waals surface area contributed by atoms with E-state index in [2.05, 4.69) is 8.92 Å². The molecule has 0 aromatic heterocycles. The number of aliphatic carboxylic acids is 4. The summed E-state index contributed by atoms with van der Waals surface area (Å²) in [5.41, 5.74) is -6.64. The summed E-state index contributed by atoms with van der Waals surface area (Å²) in [4.78, 5) is 67.3. The maximum Gasteiger partial charge on any atom is 1.00 e. The number of hydrogen-bond acceptors (Lipinski definition) is 11. The fourth-order valence-electron chi connectivity index (χ4n) is 1.91. The molecule has 0 saturated carbocycles.